The molecule has 1 aromatic heterocycles. The number of fused-ring (bicyclic) bond motifs is 1. The summed E-state index contributed by atoms with van der Waals surface area (Å²) >= 11 is 2.18. The second kappa shape index (κ2) is 10.0. The molecule has 0 spiro atoms. The fourth-order valence-corrected chi connectivity index (χ4v) is 4.10. The third-order valence-electron chi connectivity index (χ3n) is 4.75. The lowest BCUT2D eigenvalue weighted by Gasteiger charge is -2.17. The van der Waals surface area contributed by atoms with Gasteiger partial charge in [0.2, 0.25) is 5.75 Å². The van der Waals surface area contributed by atoms with Gasteiger partial charge in [-0.05, 0) is 53.3 Å². The van der Waals surface area contributed by atoms with Crippen molar-refractivity contribution in [1.29, 1.82) is 0 Å². The lowest BCUT2D eigenvalue weighted by Crippen LogP contribution is -2.26. The van der Waals surface area contributed by atoms with E-state index in [4.69, 9.17) is 18.9 Å². The van der Waals surface area contributed by atoms with Gasteiger partial charge in [-0.1, -0.05) is 18.2 Å². The number of benzene rings is 2. The molecule has 1 amide bonds. The molecular formula is C22H25IN2O5. The summed E-state index contributed by atoms with van der Waals surface area (Å²) in [7, 11) is 4.71. The van der Waals surface area contributed by atoms with Gasteiger partial charge in [0.1, 0.15) is 12.4 Å². The molecule has 0 atom stereocenters. The summed E-state index contributed by atoms with van der Waals surface area (Å²) < 4.78 is 24.7. The molecule has 3 aromatic rings. The number of nitrogens with zero attached hydrogens (tertiary/aromatic N) is 1. The summed E-state index contributed by atoms with van der Waals surface area (Å²) in [5, 5.41) is 3.99. The number of hydrogen-bond acceptors (Lipinski definition) is 5. The Bertz CT molecular complexity index is 1050. The molecule has 1 N–H and O–H groups in total. The number of amides is 1. The molecule has 0 saturated carbocycles. The summed E-state index contributed by atoms with van der Waals surface area (Å²) in [6.45, 7) is 3.12. The van der Waals surface area contributed by atoms with Crippen LogP contribution in [0, 0.1) is 3.57 Å². The van der Waals surface area contributed by atoms with Crippen LogP contribution < -0.4 is 19.5 Å². The first kappa shape index (κ1) is 22.2. The fourth-order valence-electron chi connectivity index (χ4n) is 3.29. The van der Waals surface area contributed by atoms with Crippen LogP contribution in [0.15, 0.2) is 36.4 Å². The number of rotatable bonds is 9. The fraction of sp³-hybridized carbons (Fsp3) is 0.318. The molecule has 0 aliphatic rings. The van der Waals surface area contributed by atoms with Crippen molar-refractivity contribution in [3.05, 3.63) is 51.2 Å². The largest absolute Gasteiger partial charge is 0.493 e. The molecule has 0 unspecified atom stereocenters. The van der Waals surface area contributed by atoms with E-state index in [1.165, 1.54) is 0 Å². The predicted octanol–water partition coefficient (Wildman–Crippen LogP) is 4.20. The van der Waals surface area contributed by atoms with Crippen LogP contribution in [-0.4, -0.2) is 38.4 Å². The van der Waals surface area contributed by atoms with Crippen LogP contribution in [0.25, 0.3) is 10.9 Å². The summed E-state index contributed by atoms with van der Waals surface area (Å²) in [6.07, 6.45) is 0. The van der Waals surface area contributed by atoms with E-state index >= 15 is 0 Å². The lowest BCUT2D eigenvalue weighted by atomic mass is 10.1. The van der Waals surface area contributed by atoms with Gasteiger partial charge in [-0.3, -0.25) is 4.79 Å². The Morgan fingerprint density at radius 2 is 1.80 bits per heavy atom. The number of carbonyl (C=O) groups excluding carboxylic acids is 1. The van der Waals surface area contributed by atoms with E-state index in [0.29, 0.717) is 42.8 Å². The first-order chi connectivity index (χ1) is 14.5. The number of ether oxygens (including phenoxy) is 4. The first-order valence-corrected chi connectivity index (χ1v) is 10.5. The Morgan fingerprint density at radius 3 is 2.47 bits per heavy atom. The van der Waals surface area contributed by atoms with Gasteiger partial charge in [-0.15, -0.1) is 0 Å². The van der Waals surface area contributed by atoms with Gasteiger partial charge >= 0.3 is 0 Å². The summed E-state index contributed by atoms with van der Waals surface area (Å²) in [4.78, 5) is 13.0. The molecule has 0 radical (unpaired) electrons. The monoisotopic (exact) mass is 524 g/mol. The summed E-state index contributed by atoms with van der Waals surface area (Å²) in [6, 6.07) is 11.6. The summed E-state index contributed by atoms with van der Waals surface area (Å²) in [5.74, 6) is 1.46. The number of carbonyl (C=O) groups is 1. The maximum Gasteiger partial charge on any atom is 0.268 e. The molecule has 1 heterocycles. The van der Waals surface area contributed by atoms with Gasteiger partial charge in [0, 0.05) is 18.5 Å². The zero-order valence-corrected chi connectivity index (χ0v) is 19.6. The van der Waals surface area contributed by atoms with E-state index in [-0.39, 0.29) is 5.91 Å². The van der Waals surface area contributed by atoms with Crippen LogP contribution in [-0.2, 0) is 18.0 Å². The van der Waals surface area contributed by atoms with Gasteiger partial charge in [-0.25, -0.2) is 0 Å². The van der Waals surface area contributed by atoms with Crippen molar-refractivity contribution >= 4 is 39.4 Å². The van der Waals surface area contributed by atoms with Crippen LogP contribution in [0.5, 0.6) is 17.2 Å². The maximum atomic E-state index is 13.0. The topological polar surface area (TPSA) is 71.0 Å². The van der Waals surface area contributed by atoms with Crippen LogP contribution in [0.3, 0.4) is 0 Å². The number of aromatic nitrogens is 1. The Labute approximate surface area is 189 Å². The molecule has 0 saturated heterocycles. The molecule has 8 heteroatoms. The molecular weight excluding hydrogens is 499 g/mol. The van der Waals surface area contributed by atoms with E-state index in [2.05, 4.69) is 27.9 Å². The van der Waals surface area contributed by atoms with Gasteiger partial charge in [0.15, 0.2) is 11.5 Å². The van der Waals surface area contributed by atoms with Crippen LogP contribution >= 0.6 is 22.6 Å². The minimum absolute atomic E-state index is 0.185. The molecule has 0 aliphatic carbocycles. The lowest BCUT2D eigenvalue weighted by molar-refractivity contribution is 0.0814. The Kier molecular flexibility index (Phi) is 7.43. The van der Waals surface area contributed by atoms with Gasteiger partial charge in [-0.2, -0.15) is 0 Å². The SMILES string of the molecule is CCOCn1c(C(=O)NCc2cc(OC)c(OC)c(OC)c2I)cc2ccccc21. The minimum Gasteiger partial charge on any atom is -0.493 e. The maximum absolute atomic E-state index is 13.0. The summed E-state index contributed by atoms with van der Waals surface area (Å²) in [5.41, 5.74) is 2.37. The second-order valence-electron chi connectivity index (χ2n) is 6.44. The van der Waals surface area contributed by atoms with E-state index in [1.807, 2.05) is 47.9 Å². The number of methoxy groups -OCH3 is 3. The number of para-hydroxylation sites is 1. The third-order valence-corrected chi connectivity index (χ3v) is 5.93. The van der Waals surface area contributed by atoms with Crippen LogP contribution in [0.2, 0.25) is 0 Å². The molecule has 160 valence electrons. The molecule has 0 aliphatic heterocycles. The van der Waals surface area contributed by atoms with E-state index < -0.39 is 0 Å². The highest BCUT2D eigenvalue weighted by atomic mass is 127. The highest BCUT2D eigenvalue weighted by Crippen LogP contribution is 2.42. The van der Waals surface area contributed by atoms with Gasteiger partial charge in [0.05, 0.1) is 30.4 Å². The Morgan fingerprint density at radius 1 is 1.07 bits per heavy atom. The van der Waals surface area contributed by atoms with Crippen LogP contribution in [0.4, 0.5) is 0 Å². The zero-order chi connectivity index (χ0) is 21.7. The first-order valence-electron chi connectivity index (χ1n) is 9.47. The standard InChI is InChI=1S/C22H25IN2O5/c1-5-30-13-25-16-9-7-6-8-14(16)10-17(25)22(26)24-12-15-11-18(27-2)20(28-3)21(29-4)19(15)23/h6-11H,5,12-13H2,1-4H3,(H,24,26). The molecule has 0 bridgehead atoms. The number of hydrogen-bond donors (Lipinski definition) is 1. The second-order valence-corrected chi connectivity index (χ2v) is 7.52. The highest BCUT2D eigenvalue weighted by molar-refractivity contribution is 14.1. The smallest absolute Gasteiger partial charge is 0.268 e. The van der Waals surface area contributed by atoms with Crippen molar-refractivity contribution < 1.29 is 23.7 Å². The van der Waals surface area contributed by atoms with Crippen molar-refractivity contribution in [3.63, 3.8) is 0 Å². The molecule has 0 fully saturated rings. The average molecular weight is 524 g/mol. The van der Waals surface area contributed by atoms with Gasteiger partial charge in [0.25, 0.3) is 5.91 Å². The molecule has 2 aromatic carbocycles. The van der Waals surface area contributed by atoms with Crippen molar-refractivity contribution in [1.82, 2.24) is 9.88 Å². The van der Waals surface area contributed by atoms with Gasteiger partial charge < -0.3 is 28.8 Å². The third kappa shape index (κ3) is 4.34. The quantitative estimate of drug-likeness (QED) is 0.425. The Balaban J connectivity index is 1.89. The zero-order valence-electron chi connectivity index (χ0n) is 17.5. The molecule has 7 nitrogen and oxygen atoms in total. The van der Waals surface area contributed by atoms with Crippen molar-refractivity contribution in [2.75, 3.05) is 27.9 Å². The average Bonchev–Trinajstić information content (AvgIpc) is 3.14. The number of nitrogens with one attached hydrogen (secondary N) is 1. The van der Waals surface area contributed by atoms with Crippen molar-refractivity contribution in [2.45, 2.75) is 20.2 Å². The minimum atomic E-state index is -0.185. The van der Waals surface area contributed by atoms with E-state index in [0.717, 1.165) is 20.0 Å². The van der Waals surface area contributed by atoms with Crippen molar-refractivity contribution in [2.24, 2.45) is 0 Å². The van der Waals surface area contributed by atoms with E-state index in [1.54, 1.807) is 21.3 Å². The normalized spacial score (nSPS) is 10.8. The van der Waals surface area contributed by atoms with E-state index in [9.17, 15) is 4.79 Å². The molecule has 3 rings (SSSR count). The van der Waals surface area contributed by atoms with Crippen LogP contribution in [0.1, 0.15) is 23.0 Å². The molecule has 30 heavy (non-hydrogen) atoms. The van der Waals surface area contributed by atoms with Crippen molar-refractivity contribution in [3.8, 4) is 17.2 Å². The highest BCUT2D eigenvalue weighted by Gasteiger charge is 2.20. The predicted molar refractivity (Wildman–Crippen MR) is 124 cm³/mol. The Hall–Kier alpha value is -2.46. The number of halogens is 1.